The van der Waals surface area contributed by atoms with Gasteiger partial charge in [0.25, 0.3) is 0 Å². The molecule has 1 N–H and O–H groups in total. The van der Waals surface area contributed by atoms with Crippen molar-refractivity contribution in [2.75, 3.05) is 20.1 Å². The number of nitrogens with one attached hydrogen (secondary N) is 1. The normalized spacial score (nSPS) is 22.4. The molecule has 2 nitrogen and oxygen atoms in total. The van der Waals surface area contributed by atoms with Crippen molar-refractivity contribution in [2.45, 2.75) is 38.3 Å². The number of likely N-dealkylation sites (N-methyl/N-ethyl adjacent to an activating group) is 1. The summed E-state index contributed by atoms with van der Waals surface area (Å²) in [5, 5.41) is 4.17. The topological polar surface area (TPSA) is 15.3 Å². The Kier molecular flexibility index (Phi) is 5.70. The van der Waals surface area contributed by atoms with E-state index < -0.39 is 0 Å². The van der Waals surface area contributed by atoms with Crippen LogP contribution in [0.15, 0.2) is 22.7 Å². The van der Waals surface area contributed by atoms with Crippen molar-refractivity contribution in [2.24, 2.45) is 0 Å². The Morgan fingerprint density at radius 1 is 1.47 bits per heavy atom. The van der Waals surface area contributed by atoms with E-state index >= 15 is 0 Å². The van der Waals surface area contributed by atoms with Crippen molar-refractivity contribution >= 4 is 27.5 Å². The van der Waals surface area contributed by atoms with Gasteiger partial charge in [-0.2, -0.15) is 0 Å². The average molecular weight is 346 g/mol. The van der Waals surface area contributed by atoms with Crippen LogP contribution in [0.1, 0.15) is 37.8 Å². The van der Waals surface area contributed by atoms with Crippen molar-refractivity contribution in [1.29, 1.82) is 0 Å². The van der Waals surface area contributed by atoms with Gasteiger partial charge >= 0.3 is 0 Å². The van der Waals surface area contributed by atoms with Crippen LogP contribution in [-0.2, 0) is 0 Å². The number of halogens is 2. The van der Waals surface area contributed by atoms with E-state index in [1.165, 1.54) is 31.4 Å². The molecule has 0 aromatic heterocycles. The summed E-state index contributed by atoms with van der Waals surface area (Å²) in [5.41, 5.74) is 1.23. The number of likely N-dealkylation sites (tertiary alicyclic amines) is 1. The maximum atomic E-state index is 6.40. The summed E-state index contributed by atoms with van der Waals surface area (Å²) in [6.07, 6.45) is 3.90. The summed E-state index contributed by atoms with van der Waals surface area (Å²) >= 11 is 9.87. The zero-order valence-corrected chi connectivity index (χ0v) is 14.0. The van der Waals surface area contributed by atoms with Crippen molar-refractivity contribution in [3.8, 4) is 0 Å². The first-order valence-corrected chi connectivity index (χ1v) is 8.16. The van der Waals surface area contributed by atoms with Gasteiger partial charge in [-0.15, -0.1) is 0 Å². The van der Waals surface area contributed by atoms with Crippen molar-refractivity contribution in [3.63, 3.8) is 0 Å². The molecule has 0 saturated carbocycles. The van der Waals surface area contributed by atoms with Crippen LogP contribution in [0.5, 0.6) is 0 Å². The van der Waals surface area contributed by atoms with Gasteiger partial charge in [0.05, 0.1) is 0 Å². The highest BCUT2D eigenvalue weighted by Crippen LogP contribution is 2.33. The number of rotatable bonds is 4. The lowest BCUT2D eigenvalue weighted by atomic mass is 9.97. The summed E-state index contributed by atoms with van der Waals surface area (Å²) in [6, 6.07) is 7.20. The molecule has 2 unspecified atom stereocenters. The molecule has 4 heteroatoms. The molecule has 0 spiro atoms. The molecule has 1 saturated heterocycles. The largest absolute Gasteiger partial charge is 0.318 e. The van der Waals surface area contributed by atoms with Crippen molar-refractivity contribution in [1.82, 2.24) is 10.2 Å². The first kappa shape index (κ1) is 15.3. The first-order chi connectivity index (χ1) is 9.13. The van der Waals surface area contributed by atoms with E-state index in [1.807, 2.05) is 13.1 Å². The predicted octanol–water partition coefficient (Wildman–Crippen LogP) is 4.24. The van der Waals surface area contributed by atoms with Crippen LogP contribution in [0.2, 0.25) is 5.02 Å². The standard InChI is InChI=1S/C15H22BrClN2/c1-11(14-7-6-12(16)9-15(14)17)19-8-4-3-5-13(19)10-18-2/h6-7,9,11,13,18H,3-5,8,10H2,1-2H3. The SMILES string of the molecule is CNCC1CCCCN1C(C)c1ccc(Br)cc1Cl. The second-order valence-electron chi connectivity index (χ2n) is 5.29. The molecule has 1 aromatic rings. The molecular formula is C15H22BrClN2. The van der Waals surface area contributed by atoms with Crippen LogP contribution < -0.4 is 5.32 Å². The van der Waals surface area contributed by atoms with Gasteiger partial charge in [-0.25, -0.2) is 0 Å². The van der Waals surface area contributed by atoms with Crippen LogP contribution >= 0.6 is 27.5 Å². The summed E-state index contributed by atoms with van der Waals surface area (Å²) < 4.78 is 1.04. The van der Waals surface area contributed by atoms with Crippen LogP contribution in [0.25, 0.3) is 0 Å². The molecule has 1 aliphatic rings. The van der Waals surface area contributed by atoms with Gasteiger partial charge in [0, 0.05) is 28.1 Å². The molecule has 1 heterocycles. The summed E-state index contributed by atoms with van der Waals surface area (Å²) in [7, 11) is 2.03. The Hall–Kier alpha value is -0.0900. The van der Waals surface area contributed by atoms with Gasteiger partial charge in [-0.3, -0.25) is 4.90 Å². The quantitative estimate of drug-likeness (QED) is 0.878. The van der Waals surface area contributed by atoms with Crippen LogP contribution in [0, 0.1) is 0 Å². The minimum Gasteiger partial charge on any atom is -0.318 e. The van der Waals surface area contributed by atoms with Crippen molar-refractivity contribution in [3.05, 3.63) is 33.3 Å². The van der Waals surface area contributed by atoms with Gasteiger partial charge in [0.2, 0.25) is 0 Å². The second-order valence-corrected chi connectivity index (χ2v) is 6.61. The smallest absolute Gasteiger partial charge is 0.0464 e. The van der Waals surface area contributed by atoms with Gasteiger partial charge in [0.1, 0.15) is 0 Å². The average Bonchev–Trinajstić information content (AvgIpc) is 2.39. The lowest BCUT2D eigenvalue weighted by Crippen LogP contribution is -2.46. The molecule has 2 atom stereocenters. The fourth-order valence-corrected chi connectivity index (χ4v) is 3.84. The van der Waals surface area contributed by atoms with Crippen LogP contribution in [-0.4, -0.2) is 31.1 Å². The maximum Gasteiger partial charge on any atom is 0.0464 e. The summed E-state index contributed by atoms with van der Waals surface area (Å²) in [4.78, 5) is 2.59. The first-order valence-electron chi connectivity index (χ1n) is 6.98. The van der Waals surface area contributed by atoms with E-state index in [0.717, 1.165) is 16.0 Å². The van der Waals surface area contributed by atoms with E-state index in [0.29, 0.717) is 12.1 Å². The zero-order valence-electron chi connectivity index (χ0n) is 11.6. The third kappa shape index (κ3) is 3.72. The van der Waals surface area contributed by atoms with Gasteiger partial charge in [-0.1, -0.05) is 40.0 Å². The highest BCUT2D eigenvalue weighted by atomic mass is 79.9. The molecule has 1 aliphatic heterocycles. The molecule has 19 heavy (non-hydrogen) atoms. The Morgan fingerprint density at radius 3 is 2.95 bits per heavy atom. The monoisotopic (exact) mass is 344 g/mol. The molecule has 2 rings (SSSR count). The highest BCUT2D eigenvalue weighted by molar-refractivity contribution is 9.10. The Bertz CT molecular complexity index is 423. The van der Waals surface area contributed by atoms with Crippen molar-refractivity contribution < 1.29 is 0 Å². The minimum atomic E-state index is 0.374. The molecule has 1 aromatic carbocycles. The van der Waals surface area contributed by atoms with Gasteiger partial charge < -0.3 is 5.32 Å². The number of hydrogen-bond acceptors (Lipinski definition) is 2. The molecule has 106 valence electrons. The molecule has 0 amide bonds. The lowest BCUT2D eigenvalue weighted by Gasteiger charge is -2.40. The summed E-state index contributed by atoms with van der Waals surface area (Å²) in [5.74, 6) is 0. The highest BCUT2D eigenvalue weighted by Gasteiger charge is 2.27. The lowest BCUT2D eigenvalue weighted by molar-refractivity contribution is 0.103. The fraction of sp³-hybridized carbons (Fsp3) is 0.600. The molecule has 0 aliphatic carbocycles. The number of hydrogen-bond donors (Lipinski definition) is 1. The minimum absolute atomic E-state index is 0.374. The maximum absolute atomic E-state index is 6.40. The Balaban J connectivity index is 2.18. The van der Waals surface area contributed by atoms with E-state index in [9.17, 15) is 0 Å². The predicted molar refractivity (Wildman–Crippen MR) is 85.8 cm³/mol. The van der Waals surface area contributed by atoms with Crippen LogP contribution in [0.4, 0.5) is 0 Å². The van der Waals surface area contributed by atoms with Gasteiger partial charge in [0.15, 0.2) is 0 Å². The van der Waals surface area contributed by atoms with E-state index in [1.54, 1.807) is 0 Å². The Labute approximate surface area is 129 Å². The van der Waals surface area contributed by atoms with Gasteiger partial charge in [-0.05, 0) is 51.1 Å². The fourth-order valence-electron chi connectivity index (χ4n) is 3.01. The third-order valence-corrected chi connectivity index (χ3v) is 4.84. The van der Waals surface area contributed by atoms with E-state index in [2.05, 4.69) is 45.2 Å². The molecular weight excluding hydrogens is 324 g/mol. The molecule has 1 fully saturated rings. The second kappa shape index (κ2) is 7.07. The van der Waals surface area contributed by atoms with E-state index in [4.69, 9.17) is 11.6 Å². The molecule has 0 bridgehead atoms. The molecule has 0 radical (unpaired) electrons. The number of piperidine rings is 1. The number of benzene rings is 1. The Morgan fingerprint density at radius 2 is 2.26 bits per heavy atom. The number of nitrogens with zero attached hydrogens (tertiary/aromatic N) is 1. The van der Waals surface area contributed by atoms with E-state index in [-0.39, 0.29) is 0 Å². The third-order valence-electron chi connectivity index (χ3n) is 4.02. The zero-order chi connectivity index (χ0) is 13.8. The summed E-state index contributed by atoms with van der Waals surface area (Å²) in [6.45, 7) is 4.49. The van der Waals surface area contributed by atoms with Crippen LogP contribution in [0.3, 0.4) is 0 Å².